The number of fused-ring (bicyclic) bond motifs is 1. The maximum Gasteiger partial charge on any atom is 0.405 e. The van der Waals surface area contributed by atoms with Crippen molar-refractivity contribution in [1.82, 2.24) is 5.32 Å². The average Bonchev–Trinajstić information content (AvgIpc) is 2.35. The predicted molar refractivity (Wildman–Crippen MR) is 70.5 cm³/mol. The second kappa shape index (κ2) is 5.60. The number of carbonyl (C=O) groups is 1. The molecule has 0 aliphatic carbocycles. The van der Waals surface area contributed by atoms with Crippen molar-refractivity contribution < 1.29 is 18.0 Å². The SMILES string of the molecule is Nc1ccc2c(c1)CCCN2CC(=O)NCC(F)(F)F. The number of alkyl halides is 3. The van der Waals surface area contributed by atoms with Gasteiger partial charge in [-0.15, -0.1) is 0 Å². The van der Waals surface area contributed by atoms with Gasteiger partial charge in [0.2, 0.25) is 5.91 Å². The lowest BCUT2D eigenvalue weighted by atomic mass is 10.0. The van der Waals surface area contributed by atoms with Crippen LogP contribution in [0.4, 0.5) is 24.5 Å². The Kier molecular flexibility index (Phi) is 4.06. The number of nitrogens with one attached hydrogen (secondary N) is 1. The van der Waals surface area contributed by atoms with E-state index in [1.54, 1.807) is 17.0 Å². The molecule has 1 aliphatic rings. The van der Waals surface area contributed by atoms with Crippen LogP contribution < -0.4 is 16.0 Å². The molecule has 2 rings (SSSR count). The second-order valence-electron chi connectivity index (χ2n) is 4.81. The van der Waals surface area contributed by atoms with Gasteiger partial charge in [-0.2, -0.15) is 13.2 Å². The van der Waals surface area contributed by atoms with Crippen LogP contribution in [0.1, 0.15) is 12.0 Å². The zero-order chi connectivity index (χ0) is 14.8. The third kappa shape index (κ3) is 3.79. The van der Waals surface area contributed by atoms with Crippen LogP contribution in [0.15, 0.2) is 18.2 Å². The van der Waals surface area contributed by atoms with Gasteiger partial charge in [-0.05, 0) is 36.6 Å². The fourth-order valence-electron chi connectivity index (χ4n) is 2.29. The number of amides is 1. The van der Waals surface area contributed by atoms with Crippen molar-refractivity contribution in [3.63, 3.8) is 0 Å². The predicted octanol–water partition coefficient (Wildman–Crippen LogP) is 1.70. The van der Waals surface area contributed by atoms with Crippen molar-refractivity contribution in [1.29, 1.82) is 0 Å². The molecule has 0 unspecified atom stereocenters. The summed E-state index contributed by atoms with van der Waals surface area (Å²) in [6.07, 6.45) is -2.67. The number of benzene rings is 1. The van der Waals surface area contributed by atoms with E-state index in [9.17, 15) is 18.0 Å². The Labute approximate surface area is 114 Å². The molecule has 0 aromatic heterocycles. The van der Waals surface area contributed by atoms with Crippen LogP contribution in [0.5, 0.6) is 0 Å². The van der Waals surface area contributed by atoms with Crippen molar-refractivity contribution in [3.05, 3.63) is 23.8 Å². The number of halogens is 3. The smallest absolute Gasteiger partial charge is 0.399 e. The number of nitrogen functional groups attached to an aromatic ring is 1. The highest BCUT2D eigenvalue weighted by Gasteiger charge is 2.28. The Balaban J connectivity index is 2.00. The monoisotopic (exact) mass is 287 g/mol. The summed E-state index contributed by atoms with van der Waals surface area (Å²) < 4.78 is 36.1. The molecule has 1 aliphatic heterocycles. The number of carbonyl (C=O) groups excluding carboxylic acids is 1. The Bertz CT molecular complexity index is 502. The number of nitrogens with zero attached hydrogens (tertiary/aromatic N) is 1. The second-order valence-corrected chi connectivity index (χ2v) is 4.81. The molecule has 0 radical (unpaired) electrons. The summed E-state index contributed by atoms with van der Waals surface area (Å²) in [4.78, 5) is 13.3. The standard InChI is InChI=1S/C13H16F3N3O/c14-13(15,16)8-18-12(20)7-19-5-1-2-9-6-10(17)3-4-11(9)19/h3-4,6H,1-2,5,7-8,17H2,(H,18,20). The molecule has 1 heterocycles. The highest BCUT2D eigenvalue weighted by molar-refractivity contribution is 5.82. The molecule has 1 amide bonds. The van der Waals surface area contributed by atoms with E-state index in [4.69, 9.17) is 5.73 Å². The van der Waals surface area contributed by atoms with Crippen LogP contribution in [0.3, 0.4) is 0 Å². The van der Waals surface area contributed by atoms with Crippen LogP contribution in [0, 0.1) is 0 Å². The maximum atomic E-state index is 12.0. The summed E-state index contributed by atoms with van der Waals surface area (Å²) in [7, 11) is 0. The summed E-state index contributed by atoms with van der Waals surface area (Å²) >= 11 is 0. The lowest BCUT2D eigenvalue weighted by Crippen LogP contribution is -2.42. The van der Waals surface area contributed by atoms with E-state index in [0.717, 1.165) is 24.1 Å². The number of aryl methyl sites for hydroxylation is 1. The van der Waals surface area contributed by atoms with Crippen molar-refractivity contribution in [2.75, 3.05) is 30.3 Å². The van der Waals surface area contributed by atoms with E-state index in [0.29, 0.717) is 12.2 Å². The van der Waals surface area contributed by atoms with Gasteiger partial charge in [-0.3, -0.25) is 4.79 Å². The van der Waals surface area contributed by atoms with Crippen LogP contribution in [0.25, 0.3) is 0 Å². The zero-order valence-corrected chi connectivity index (χ0v) is 10.8. The van der Waals surface area contributed by atoms with Crippen LogP contribution in [0.2, 0.25) is 0 Å². The minimum Gasteiger partial charge on any atom is -0.399 e. The van der Waals surface area contributed by atoms with Crippen LogP contribution in [-0.4, -0.2) is 31.7 Å². The first-order valence-corrected chi connectivity index (χ1v) is 6.32. The average molecular weight is 287 g/mol. The molecule has 0 atom stereocenters. The summed E-state index contributed by atoms with van der Waals surface area (Å²) in [6.45, 7) is -0.725. The molecule has 7 heteroatoms. The summed E-state index contributed by atoms with van der Waals surface area (Å²) in [5.41, 5.74) is 8.24. The number of hydrogen-bond donors (Lipinski definition) is 2. The molecule has 0 fully saturated rings. The molecule has 1 aromatic carbocycles. The Hall–Kier alpha value is -1.92. The maximum absolute atomic E-state index is 12.0. The number of hydrogen-bond acceptors (Lipinski definition) is 3. The quantitative estimate of drug-likeness (QED) is 0.832. The fraction of sp³-hybridized carbons (Fsp3) is 0.462. The first-order valence-electron chi connectivity index (χ1n) is 6.32. The van der Waals surface area contributed by atoms with Gasteiger partial charge in [-0.1, -0.05) is 0 Å². The van der Waals surface area contributed by atoms with Gasteiger partial charge in [0.1, 0.15) is 6.54 Å². The highest BCUT2D eigenvalue weighted by Crippen LogP contribution is 2.28. The van der Waals surface area contributed by atoms with Crippen molar-refractivity contribution >= 4 is 17.3 Å². The molecule has 0 saturated heterocycles. The van der Waals surface area contributed by atoms with Gasteiger partial charge < -0.3 is 16.0 Å². The molecular formula is C13H16F3N3O. The van der Waals surface area contributed by atoms with E-state index in [-0.39, 0.29) is 6.54 Å². The molecule has 0 spiro atoms. The lowest BCUT2D eigenvalue weighted by molar-refractivity contribution is -0.137. The highest BCUT2D eigenvalue weighted by atomic mass is 19.4. The Morgan fingerprint density at radius 1 is 1.40 bits per heavy atom. The molecular weight excluding hydrogens is 271 g/mol. The normalized spacial score (nSPS) is 14.8. The summed E-state index contributed by atoms with van der Waals surface area (Å²) in [6, 6.07) is 5.38. The van der Waals surface area contributed by atoms with Crippen molar-refractivity contribution in [3.8, 4) is 0 Å². The largest absolute Gasteiger partial charge is 0.405 e. The van der Waals surface area contributed by atoms with Crippen LogP contribution >= 0.6 is 0 Å². The molecule has 20 heavy (non-hydrogen) atoms. The summed E-state index contributed by atoms with van der Waals surface area (Å²) in [5, 5.41) is 1.88. The third-order valence-electron chi connectivity index (χ3n) is 3.14. The molecule has 110 valence electrons. The number of anilines is 2. The molecule has 3 N–H and O–H groups in total. The van der Waals surface area contributed by atoms with Gasteiger partial charge in [0, 0.05) is 17.9 Å². The van der Waals surface area contributed by atoms with Crippen molar-refractivity contribution in [2.24, 2.45) is 0 Å². The van der Waals surface area contributed by atoms with E-state index < -0.39 is 18.6 Å². The zero-order valence-electron chi connectivity index (χ0n) is 10.8. The van der Waals surface area contributed by atoms with E-state index in [1.807, 2.05) is 11.4 Å². The molecule has 4 nitrogen and oxygen atoms in total. The van der Waals surface area contributed by atoms with E-state index in [2.05, 4.69) is 0 Å². The van der Waals surface area contributed by atoms with Crippen molar-refractivity contribution in [2.45, 2.75) is 19.0 Å². The Morgan fingerprint density at radius 2 is 2.15 bits per heavy atom. The fourth-order valence-corrected chi connectivity index (χ4v) is 2.29. The number of nitrogens with two attached hydrogens (primary N) is 1. The first-order chi connectivity index (χ1) is 9.35. The van der Waals surface area contributed by atoms with Gasteiger partial charge >= 0.3 is 6.18 Å². The van der Waals surface area contributed by atoms with Gasteiger partial charge in [0.15, 0.2) is 0 Å². The lowest BCUT2D eigenvalue weighted by Gasteiger charge is -2.31. The summed E-state index contributed by atoms with van der Waals surface area (Å²) in [5.74, 6) is -0.632. The van der Waals surface area contributed by atoms with Gasteiger partial charge in [0.25, 0.3) is 0 Å². The van der Waals surface area contributed by atoms with E-state index >= 15 is 0 Å². The molecule has 0 bridgehead atoms. The minimum atomic E-state index is -4.39. The molecule has 1 aromatic rings. The van der Waals surface area contributed by atoms with Gasteiger partial charge in [-0.25, -0.2) is 0 Å². The van der Waals surface area contributed by atoms with E-state index in [1.165, 1.54) is 0 Å². The Morgan fingerprint density at radius 3 is 2.85 bits per heavy atom. The third-order valence-corrected chi connectivity index (χ3v) is 3.14. The topological polar surface area (TPSA) is 58.4 Å². The van der Waals surface area contributed by atoms with Crippen LogP contribution in [-0.2, 0) is 11.2 Å². The van der Waals surface area contributed by atoms with Gasteiger partial charge in [0.05, 0.1) is 6.54 Å². The number of rotatable bonds is 3. The minimum absolute atomic E-state index is 0.0764. The first kappa shape index (κ1) is 14.5. The molecule has 0 saturated carbocycles.